The third-order valence-electron chi connectivity index (χ3n) is 4.09. The van der Waals surface area contributed by atoms with Crippen molar-refractivity contribution in [2.24, 2.45) is 5.16 Å². The van der Waals surface area contributed by atoms with Crippen LogP contribution in [0.5, 0.6) is 0 Å². The Morgan fingerprint density at radius 3 is 2.60 bits per heavy atom. The topological polar surface area (TPSA) is 65.4 Å². The van der Waals surface area contributed by atoms with Gasteiger partial charge in [0.1, 0.15) is 12.8 Å². The predicted molar refractivity (Wildman–Crippen MR) is 97.6 cm³/mol. The van der Waals surface area contributed by atoms with Crippen LogP contribution in [0.15, 0.2) is 59.4 Å². The Bertz CT molecular complexity index is 666. The summed E-state index contributed by atoms with van der Waals surface area (Å²) in [6.45, 7) is 5.48. The van der Waals surface area contributed by atoms with Crippen LogP contribution in [0.3, 0.4) is 0 Å². The van der Waals surface area contributed by atoms with E-state index in [-0.39, 0.29) is 5.91 Å². The minimum Gasteiger partial charge on any atom is -0.391 e. The van der Waals surface area contributed by atoms with Crippen molar-refractivity contribution in [1.82, 2.24) is 9.80 Å². The number of amides is 1. The first kappa shape index (κ1) is 18.7. The number of hydrogen-bond acceptors (Lipinski definition) is 5. The van der Waals surface area contributed by atoms with E-state index >= 15 is 0 Å². The molecule has 1 amide bonds. The fraction of sp³-hybridized carbons (Fsp3) is 0.368. The third kappa shape index (κ3) is 4.70. The summed E-state index contributed by atoms with van der Waals surface area (Å²) in [6.07, 6.45) is 6.06. The summed E-state index contributed by atoms with van der Waals surface area (Å²) in [5.41, 5.74) is 0.0876. The number of likely N-dealkylation sites (N-methyl/N-ethyl adjacent to an activating group) is 2. The Labute approximate surface area is 148 Å². The number of carbonyl (C=O) groups excluding carboxylic acids is 1. The molecule has 2 rings (SSSR count). The van der Waals surface area contributed by atoms with Crippen LogP contribution in [-0.2, 0) is 16.2 Å². The lowest BCUT2D eigenvalue weighted by Gasteiger charge is -2.34. The van der Waals surface area contributed by atoms with Crippen molar-refractivity contribution in [2.75, 3.05) is 20.1 Å². The van der Waals surface area contributed by atoms with Gasteiger partial charge in [-0.25, -0.2) is 0 Å². The predicted octanol–water partition coefficient (Wildman–Crippen LogP) is 2.13. The number of nitrogens with zero attached hydrogens (tertiary/aromatic N) is 3. The van der Waals surface area contributed by atoms with Crippen molar-refractivity contribution in [1.29, 1.82) is 0 Å². The van der Waals surface area contributed by atoms with E-state index < -0.39 is 5.72 Å². The molecule has 1 atom stereocenters. The summed E-state index contributed by atoms with van der Waals surface area (Å²) in [5, 5.41) is 14.5. The van der Waals surface area contributed by atoms with Gasteiger partial charge in [0, 0.05) is 26.3 Å². The van der Waals surface area contributed by atoms with Gasteiger partial charge in [-0.05, 0) is 31.6 Å². The van der Waals surface area contributed by atoms with E-state index in [0.29, 0.717) is 25.3 Å². The van der Waals surface area contributed by atoms with Crippen LogP contribution >= 0.6 is 0 Å². The van der Waals surface area contributed by atoms with Crippen LogP contribution in [-0.4, -0.2) is 52.9 Å². The quantitative estimate of drug-likeness (QED) is 0.608. The molecule has 1 heterocycles. The molecule has 6 nitrogen and oxygen atoms in total. The van der Waals surface area contributed by atoms with Gasteiger partial charge in [0.2, 0.25) is 0 Å². The standard InChI is InChI=1S/C19H25N3O3/c1-4-22(5-2)18(23)17-11-12-19(24,21(3)13-17)15-20-25-14-16-9-7-6-8-10-16/h6-13,15,24H,4-5,14H2,1-3H3. The van der Waals surface area contributed by atoms with Gasteiger partial charge in [0.05, 0.1) is 5.57 Å². The zero-order valence-corrected chi connectivity index (χ0v) is 14.9. The molecular weight excluding hydrogens is 318 g/mol. The highest BCUT2D eigenvalue weighted by Crippen LogP contribution is 2.20. The van der Waals surface area contributed by atoms with Gasteiger partial charge in [0.25, 0.3) is 5.91 Å². The highest BCUT2D eigenvalue weighted by Gasteiger charge is 2.30. The summed E-state index contributed by atoms with van der Waals surface area (Å²) in [4.78, 5) is 20.9. The lowest BCUT2D eigenvalue weighted by Crippen LogP contribution is -2.46. The van der Waals surface area contributed by atoms with Crippen molar-refractivity contribution >= 4 is 12.1 Å². The van der Waals surface area contributed by atoms with Gasteiger partial charge in [-0.15, -0.1) is 0 Å². The maximum absolute atomic E-state index is 12.4. The molecule has 25 heavy (non-hydrogen) atoms. The molecule has 0 fully saturated rings. The molecule has 0 saturated carbocycles. The van der Waals surface area contributed by atoms with E-state index in [1.54, 1.807) is 24.2 Å². The molecule has 0 spiro atoms. The second-order valence-corrected chi connectivity index (χ2v) is 5.78. The van der Waals surface area contributed by atoms with Gasteiger partial charge < -0.3 is 19.7 Å². The first-order valence-electron chi connectivity index (χ1n) is 8.36. The minimum absolute atomic E-state index is 0.0626. The van der Waals surface area contributed by atoms with Crippen LogP contribution in [0.25, 0.3) is 0 Å². The molecule has 1 aliphatic rings. The molecule has 6 heteroatoms. The highest BCUT2D eigenvalue weighted by atomic mass is 16.6. The molecule has 1 unspecified atom stereocenters. The number of rotatable bonds is 7. The fourth-order valence-electron chi connectivity index (χ4n) is 2.44. The Morgan fingerprint density at radius 1 is 1.32 bits per heavy atom. The van der Waals surface area contributed by atoms with Gasteiger partial charge >= 0.3 is 0 Å². The number of carbonyl (C=O) groups is 1. The molecule has 0 bridgehead atoms. The summed E-state index contributed by atoms with van der Waals surface area (Å²) >= 11 is 0. The number of oxime groups is 1. The smallest absolute Gasteiger partial charge is 0.255 e. The van der Waals surface area contributed by atoms with E-state index in [9.17, 15) is 9.90 Å². The van der Waals surface area contributed by atoms with Crippen LogP contribution in [0.1, 0.15) is 19.4 Å². The molecule has 0 radical (unpaired) electrons. The van der Waals surface area contributed by atoms with Gasteiger partial charge in [0.15, 0.2) is 5.72 Å². The van der Waals surface area contributed by atoms with E-state index in [2.05, 4.69) is 5.16 Å². The summed E-state index contributed by atoms with van der Waals surface area (Å²) in [7, 11) is 1.68. The van der Waals surface area contributed by atoms with E-state index in [1.807, 2.05) is 44.2 Å². The SMILES string of the molecule is CCN(CC)C(=O)C1=CN(C)C(O)(C=NOCc2ccccc2)C=C1. The van der Waals surface area contributed by atoms with Crippen LogP contribution in [0.4, 0.5) is 0 Å². The normalized spacial score (nSPS) is 19.8. The van der Waals surface area contributed by atoms with E-state index in [0.717, 1.165) is 5.56 Å². The third-order valence-corrected chi connectivity index (χ3v) is 4.09. The van der Waals surface area contributed by atoms with Gasteiger partial charge in [-0.3, -0.25) is 4.79 Å². The lowest BCUT2D eigenvalue weighted by atomic mass is 10.1. The zero-order chi connectivity index (χ0) is 18.3. The highest BCUT2D eigenvalue weighted by molar-refractivity contribution is 5.96. The summed E-state index contributed by atoms with van der Waals surface area (Å²) in [6, 6.07) is 9.65. The van der Waals surface area contributed by atoms with Crippen LogP contribution in [0, 0.1) is 0 Å². The number of benzene rings is 1. The van der Waals surface area contributed by atoms with Gasteiger partial charge in [-0.1, -0.05) is 35.5 Å². The van der Waals surface area contributed by atoms with E-state index in [1.165, 1.54) is 17.2 Å². The molecule has 1 aliphatic heterocycles. The maximum atomic E-state index is 12.4. The molecule has 134 valence electrons. The molecule has 0 aromatic heterocycles. The second-order valence-electron chi connectivity index (χ2n) is 5.78. The monoisotopic (exact) mass is 343 g/mol. The lowest BCUT2D eigenvalue weighted by molar-refractivity contribution is -0.126. The molecule has 1 N–H and O–H groups in total. The summed E-state index contributed by atoms with van der Waals surface area (Å²) < 4.78 is 0. The Kier molecular flexibility index (Phi) is 6.36. The largest absolute Gasteiger partial charge is 0.391 e. The average molecular weight is 343 g/mol. The number of aliphatic hydroxyl groups is 1. The molecule has 0 saturated heterocycles. The number of hydrogen-bond donors (Lipinski definition) is 1. The Morgan fingerprint density at radius 2 is 2.00 bits per heavy atom. The molecule has 1 aromatic rings. The Balaban J connectivity index is 1.97. The Hall–Kier alpha value is -2.60. The first-order chi connectivity index (χ1) is 12.0. The average Bonchev–Trinajstić information content (AvgIpc) is 2.63. The molecular formula is C19H25N3O3. The summed E-state index contributed by atoms with van der Waals surface area (Å²) in [5.74, 6) is -0.0626. The first-order valence-corrected chi connectivity index (χ1v) is 8.36. The molecule has 1 aromatic carbocycles. The zero-order valence-electron chi connectivity index (χ0n) is 14.9. The van der Waals surface area contributed by atoms with Gasteiger partial charge in [-0.2, -0.15) is 0 Å². The van der Waals surface area contributed by atoms with Crippen molar-refractivity contribution < 1.29 is 14.7 Å². The fourth-order valence-corrected chi connectivity index (χ4v) is 2.44. The second kappa shape index (κ2) is 8.48. The van der Waals surface area contributed by atoms with Crippen molar-refractivity contribution in [3.63, 3.8) is 0 Å². The molecule has 0 aliphatic carbocycles. The van der Waals surface area contributed by atoms with Crippen molar-refractivity contribution in [2.45, 2.75) is 26.2 Å². The van der Waals surface area contributed by atoms with Crippen molar-refractivity contribution in [3.05, 3.63) is 59.8 Å². The van der Waals surface area contributed by atoms with Crippen molar-refractivity contribution in [3.8, 4) is 0 Å². The van der Waals surface area contributed by atoms with E-state index in [4.69, 9.17) is 4.84 Å². The van der Waals surface area contributed by atoms with Crippen LogP contribution in [0.2, 0.25) is 0 Å². The van der Waals surface area contributed by atoms with Crippen LogP contribution < -0.4 is 0 Å². The maximum Gasteiger partial charge on any atom is 0.255 e. The minimum atomic E-state index is -1.43.